The number of benzene rings is 2. The SMILES string of the molecule is COc1ccc(C(=O)Nc2cccc(C(F)(F)F)c2)cc1S(=O)(=O)N(C)C. The molecule has 2 aromatic rings. The summed E-state index contributed by atoms with van der Waals surface area (Å²) in [4.78, 5) is 12.2. The van der Waals surface area contributed by atoms with Gasteiger partial charge in [0, 0.05) is 25.3 Å². The number of nitrogens with one attached hydrogen (secondary N) is 1. The van der Waals surface area contributed by atoms with E-state index in [1.807, 2.05) is 0 Å². The molecule has 10 heteroatoms. The average molecular weight is 402 g/mol. The van der Waals surface area contributed by atoms with Crippen molar-refractivity contribution in [1.29, 1.82) is 0 Å². The number of anilines is 1. The van der Waals surface area contributed by atoms with Gasteiger partial charge in [0.25, 0.3) is 5.91 Å². The molecule has 0 spiro atoms. The Morgan fingerprint density at radius 3 is 2.33 bits per heavy atom. The molecule has 0 atom stereocenters. The minimum absolute atomic E-state index is 0.0410. The fourth-order valence-electron chi connectivity index (χ4n) is 2.19. The third-order valence-electron chi connectivity index (χ3n) is 3.63. The Labute approximate surface area is 154 Å². The molecule has 0 radical (unpaired) electrons. The second-order valence-electron chi connectivity index (χ2n) is 5.69. The van der Waals surface area contributed by atoms with Gasteiger partial charge in [0.15, 0.2) is 0 Å². The summed E-state index contributed by atoms with van der Waals surface area (Å²) < 4.78 is 69.1. The predicted octanol–water partition coefficient (Wildman–Crippen LogP) is 3.22. The summed E-state index contributed by atoms with van der Waals surface area (Å²) in [5.41, 5.74) is -1.03. The minimum atomic E-state index is -4.55. The van der Waals surface area contributed by atoms with Crippen molar-refractivity contribution in [3.05, 3.63) is 53.6 Å². The molecule has 27 heavy (non-hydrogen) atoms. The largest absolute Gasteiger partial charge is 0.495 e. The molecule has 0 aliphatic carbocycles. The van der Waals surface area contributed by atoms with E-state index in [-0.39, 0.29) is 21.9 Å². The van der Waals surface area contributed by atoms with Gasteiger partial charge in [-0.1, -0.05) is 6.07 Å². The highest BCUT2D eigenvalue weighted by Gasteiger charge is 2.30. The van der Waals surface area contributed by atoms with Crippen LogP contribution in [-0.4, -0.2) is 39.8 Å². The van der Waals surface area contributed by atoms with Crippen molar-refractivity contribution < 1.29 is 31.1 Å². The topological polar surface area (TPSA) is 75.7 Å². The van der Waals surface area contributed by atoms with E-state index < -0.39 is 27.7 Å². The highest BCUT2D eigenvalue weighted by molar-refractivity contribution is 7.89. The van der Waals surface area contributed by atoms with Crippen LogP contribution >= 0.6 is 0 Å². The Bertz CT molecular complexity index is 957. The Balaban J connectivity index is 2.38. The summed E-state index contributed by atoms with van der Waals surface area (Å²) in [5, 5.41) is 2.33. The number of sulfonamides is 1. The monoisotopic (exact) mass is 402 g/mol. The number of rotatable bonds is 5. The number of ether oxygens (including phenoxy) is 1. The molecular formula is C17H17F3N2O4S. The van der Waals surface area contributed by atoms with Crippen molar-refractivity contribution in [2.24, 2.45) is 0 Å². The fraction of sp³-hybridized carbons (Fsp3) is 0.235. The van der Waals surface area contributed by atoms with Crippen molar-refractivity contribution in [3.8, 4) is 5.75 Å². The first-order chi connectivity index (χ1) is 12.5. The van der Waals surface area contributed by atoms with Gasteiger partial charge in [0.05, 0.1) is 12.7 Å². The summed E-state index contributed by atoms with van der Waals surface area (Å²) in [6, 6.07) is 7.86. The standard InChI is InChI=1S/C17H17F3N2O4S/c1-22(2)27(24,25)15-9-11(7-8-14(15)26-3)16(23)21-13-6-4-5-12(10-13)17(18,19)20/h4-10H,1-3H3,(H,21,23). The van der Waals surface area contributed by atoms with Gasteiger partial charge in [-0.05, 0) is 36.4 Å². The summed E-state index contributed by atoms with van der Waals surface area (Å²) in [6.07, 6.45) is -4.55. The lowest BCUT2D eigenvalue weighted by atomic mass is 10.1. The van der Waals surface area contributed by atoms with Gasteiger partial charge in [0.2, 0.25) is 10.0 Å². The van der Waals surface area contributed by atoms with E-state index in [9.17, 15) is 26.4 Å². The Morgan fingerprint density at radius 2 is 1.78 bits per heavy atom. The van der Waals surface area contributed by atoms with Gasteiger partial charge < -0.3 is 10.1 Å². The average Bonchev–Trinajstić information content (AvgIpc) is 2.60. The van der Waals surface area contributed by atoms with Crippen LogP contribution in [0.25, 0.3) is 0 Å². The van der Waals surface area contributed by atoms with Crippen molar-refractivity contribution in [3.63, 3.8) is 0 Å². The molecule has 0 unspecified atom stereocenters. The zero-order valence-corrected chi connectivity index (χ0v) is 15.5. The molecule has 1 N–H and O–H groups in total. The smallest absolute Gasteiger partial charge is 0.416 e. The number of amides is 1. The fourth-order valence-corrected chi connectivity index (χ4v) is 3.27. The van der Waals surface area contributed by atoms with Crippen molar-refractivity contribution in [1.82, 2.24) is 4.31 Å². The van der Waals surface area contributed by atoms with Crippen LogP contribution in [0.3, 0.4) is 0 Å². The number of alkyl halides is 3. The van der Waals surface area contributed by atoms with E-state index in [4.69, 9.17) is 4.74 Å². The van der Waals surface area contributed by atoms with Gasteiger partial charge in [0.1, 0.15) is 10.6 Å². The second kappa shape index (κ2) is 7.57. The molecule has 0 aliphatic rings. The Kier molecular flexibility index (Phi) is 5.81. The summed E-state index contributed by atoms with van der Waals surface area (Å²) in [7, 11) is 0.0362. The van der Waals surface area contributed by atoms with Crippen LogP contribution in [0.2, 0.25) is 0 Å². The van der Waals surface area contributed by atoms with Crippen LogP contribution in [0.4, 0.5) is 18.9 Å². The molecular weight excluding hydrogens is 385 g/mol. The molecule has 0 saturated heterocycles. The van der Waals surface area contributed by atoms with Crippen LogP contribution < -0.4 is 10.1 Å². The third kappa shape index (κ3) is 4.58. The van der Waals surface area contributed by atoms with E-state index in [0.29, 0.717) is 0 Å². The first-order valence-corrected chi connectivity index (χ1v) is 9.00. The summed E-state index contributed by atoms with van der Waals surface area (Å²) >= 11 is 0. The molecule has 0 saturated carbocycles. The summed E-state index contributed by atoms with van der Waals surface area (Å²) in [6.45, 7) is 0. The minimum Gasteiger partial charge on any atom is -0.495 e. The molecule has 6 nitrogen and oxygen atoms in total. The van der Waals surface area contributed by atoms with Gasteiger partial charge in [-0.2, -0.15) is 13.2 Å². The summed E-state index contributed by atoms with van der Waals surface area (Å²) in [5.74, 6) is -0.716. The number of methoxy groups -OCH3 is 1. The van der Waals surface area contributed by atoms with E-state index >= 15 is 0 Å². The Morgan fingerprint density at radius 1 is 1.11 bits per heavy atom. The lowest BCUT2D eigenvalue weighted by molar-refractivity contribution is -0.137. The molecule has 146 valence electrons. The highest BCUT2D eigenvalue weighted by atomic mass is 32.2. The van der Waals surface area contributed by atoms with Crippen molar-refractivity contribution in [2.45, 2.75) is 11.1 Å². The molecule has 2 rings (SSSR count). The number of hydrogen-bond acceptors (Lipinski definition) is 4. The van der Waals surface area contributed by atoms with E-state index in [1.165, 1.54) is 39.4 Å². The van der Waals surface area contributed by atoms with Crippen molar-refractivity contribution in [2.75, 3.05) is 26.5 Å². The first-order valence-electron chi connectivity index (χ1n) is 7.56. The molecule has 0 fully saturated rings. The number of halogens is 3. The van der Waals surface area contributed by atoms with Crippen LogP contribution in [-0.2, 0) is 16.2 Å². The van der Waals surface area contributed by atoms with Gasteiger partial charge >= 0.3 is 6.18 Å². The van der Waals surface area contributed by atoms with Crippen LogP contribution in [0.15, 0.2) is 47.4 Å². The molecule has 0 aromatic heterocycles. The van der Waals surface area contributed by atoms with Crippen LogP contribution in [0.5, 0.6) is 5.75 Å². The van der Waals surface area contributed by atoms with Crippen LogP contribution in [0.1, 0.15) is 15.9 Å². The van der Waals surface area contributed by atoms with Gasteiger partial charge in [-0.3, -0.25) is 4.79 Å². The first kappa shape index (κ1) is 20.7. The van der Waals surface area contributed by atoms with E-state index in [1.54, 1.807) is 0 Å². The molecule has 1 amide bonds. The van der Waals surface area contributed by atoms with Crippen LogP contribution in [0, 0.1) is 0 Å². The van der Waals surface area contributed by atoms with Gasteiger partial charge in [-0.15, -0.1) is 0 Å². The normalized spacial score (nSPS) is 12.1. The highest BCUT2D eigenvalue weighted by Crippen LogP contribution is 2.31. The number of nitrogens with zero attached hydrogens (tertiary/aromatic N) is 1. The van der Waals surface area contributed by atoms with E-state index in [2.05, 4.69) is 5.32 Å². The lowest BCUT2D eigenvalue weighted by Crippen LogP contribution is -2.23. The maximum Gasteiger partial charge on any atom is 0.416 e. The van der Waals surface area contributed by atoms with Crippen molar-refractivity contribution >= 4 is 21.6 Å². The molecule has 0 bridgehead atoms. The lowest BCUT2D eigenvalue weighted by Gasteiger charge is -2.15. The maximum absolute atomic E-state index is 12.8. The second-order valence-corrected chi connectivity index (χ2v) is 7.81. The van der Waals surface area contributed by atoms with Gasteiger partial charge in [-0.25, -0.2) is 12.7 Å². The number of carbonyl (C=O) groups excluding carboxylic acids is 1. The molecule has 0 aliphatic heterocycles. The Hall–Kier alpha value is -2.59. The zero-order valence-electron chi connectivity index (χ0n) is 14.7. The maximum atomic E-state index is 12.8. The quantitative estimate of drug-likeness (QED) is 0.833. The zero-order chi connectivity index (χ0) is 20.4. The molecule has 2 aromatic carbocycles. The third-order valence-corrected chi connectivity index (χ3v) is 5.47. The number of carbonyl (C=O) groups is 1. The predicted molar refractivity (Wildman–Crippen MR) is 93.3 cm³/mol. The molecule has 0 heterocycles. The number of hydrogen-bond donors (Lipinski definition) is 1. The van der Waals surface area contributed by atoms with E-state index in [0.717, 1.165) is 28.6 Å².